The summed E-state index contributed by atoms with van der Waals surface area (Å²) in [6.45, 7) is 10.5. The third kappa shape index (κ3) is 2.61. The minimum absolute atomic E-state index is 0.200. The molecule has 2 atom stereocenters. The number of Topliss-reactive ketones (excluding diaryl/α,β-unsaturated/α-hetero) is 1. The van der Waals surface area contributed by atoms with E-state index in [0.29, 0.717) is 18.2 Å². The lowest BCUT2D eigenvalue weighted by Gasteiger charge is -2.35. The number of ketones is 1. The number of nitrogens with zero attached hydrogens (tertiary/aromatic N) is 1. The quantitative estimate of drug-likeness (QED) is 0.803. The predicted octanol–water partition coefficient (Wildman–Crippen LogP) is 3.34. The van der Waals surface area contributed by atoms with Crippen molar-refractivity contribution in [3.63, 3.8) is 0 Å². The van der Waals surface area contributed by atoms with Gasteiger partial charge in [0.2, 0.25) is 0 Å². The highest BCUT2D eigenvalue weighted by atomic mass is 32.1. The molecule has 1 aromatic rings. The van der Waals surface area contributed by atoms with Crippen molar-refractivity contribution in [2.24, 2.45) is 5.92 Å². The third-order valence-corrected chi connectivity index (χ3v) is 4.76. The molecule has 0 spiro atoms. The summed E-state index contributed by atoms with van der Waals surface area (Å²) in [5, 5.41) is 0. The van der Waals surface area contributed by atoms with Crippen LogP contribution in [0.5, 0.6) is 0 Å². The molecule has 1 fully saturated rings. The van der Waals surface area contributed by atoms with Gasteiger partial charge in [-0.1, -0.05) is 6.92 Å². The summed E-state index contributed by atoms with van der Waals surface area (Å²) >= 11 is 1.87. The minimum Gasteiger partial charge on any atom is -0.299 e. The number of likely N-dealkylation sites (tertiary alicyclic amines) is 1. The summed E-state index contributed by atoms with van der Waals surface area (Å²) in [5.41, 5.74) is 1.44. The molecule has 3 heteroatoms. The molecule has 0 amide bonds. The van der Waals surface area contributed by atoms with Gasteiger partial charge in [-0.25, -0.2) is 0 Å². The normalized spacial score (nSPS) is 24.0. The molecule has 1 aliphatic heterocycles. The second kappa shape index (κ2) is 4.91. The van der Waals surface area contributed by atoms with Gasteiger partial charge in [0.1, 0.15) is 5.78 Å². The van der Waals surface area contributed by atoms with Crippen LogP contribution in [-0.4, -0.2) is 23.8 Å². The van der Waals surface area contributed by atoms with Gasteiger partial charge < -0.3 is 0 Å². The number of thiophene rings is 1. The van der Waals surface area contributed by atoms with Gasteiger partial charge in [0, 0.05) is 41.2 Å². The van der Waals surface area contributed by atoms with Crippen molar-refractivity contribution in [3.8, 4) is 0 Å². The van der Waals surface area contributed by atoms with Crippen molar-refractivity contribution in [1.29, 1.82) is 0 Å². The maximum absolute atomic E-state index is 11.5. The lowest BCUT2D eigenvalue weighted by Crippen LogP contribution is -2.40. The van der Waals surface area contributed by atoms with Gasteiger partial charge in [-0.05, 0) is 32.4 Å². The first kappa shape index (κ1) is 12.8. The number of hydrogen-bond acceptors (Lipinski definition) is 3. The van der Waals surface area contributed by atoms with E-state index in [9.17, 15) is 4.79 Å². The van der Waals surface area contributed by atoms with Crippen molar-refractivity contribution in [2.45, 2.75) is 40.2 Å². The first-order chi connectivity index (χ1) is 7.99. The maximum atomic E-state index is 11.5. The number of rotatable bonds is 2. The number of piperidine rings is 1. The van der Waals surface area contributed by atoms with Crippen LogP contribution >= 0.6 is 11.3 Å². The van der Waals surface area contributed by atoms with Crippen LogP contribution in [0.1, 0.15) is 41.6 Å². The predicted molar refractivity (Wildman–Crippen MR) is 72.6 cm³/mol. The van der Waals surface area contributed by atoms with Crippen molar-refractivity contribution in [2.75, 3.05) is 13.1 Å². The van der Waals surface area contributed by atoms with E-state index in [1.807, 2.05) is 18.3 Å². The van der Waals surface area contributed by atoms with E-state index in [-0.39, 0.29) is 5.92 Å². The summed E-state index contributed by atoms with van der Waals surface area (Å²) < 4.78 is 0. The fourth-order valence-corrected chi connectivity index (χ4v) is 3.67. The number of carbonyl (C=O) groups excluding carboxylic acids is 1. The molecule has 2 heterocycles. The Kier molecular flexibility index (Phi) is 3.69. The fraction of sp³-hybridized carbons (Fsp3) is 0.643. The molecule has 94 valence electrons. The molecule has 2 nitrogen and oxygen atoms in total. The van der Waals surface area contributed by atoms with Crippen LogP contribution in [0.2, 0.25) is 0 Å². The van der Waals surface area contributed by atoms with Gasteiger partial charge in [0.15, 0.2) is 0 Å². The SMILES string of the molecule is Cc1cc(C(C)N2CCC(=O)C(C)C2)c(C)s1. The zero-order valence-electron chi connectivity index (χ0n) is 11.1. The van der Waals surface area contributed by atoms with Crippen LogP contribution in [-0.2, 0) is 4.79 Å². The van der Waals surface area contributed by atoms with Crippen molar-refractivity contribution in [1.82, 2.24) is 4.90 Å². The second-order valence-electron chi connectivity index (χ2n) is 5.16. The van der Waals surface area contributed by atoms with Crippen molar-refractivity contribution >= 4 is 17.1 Å². The van der Waals surface area contributed by atoms with Gasteiger partial charge in [0.05, 0.1) is 0 Å². The van der Waals surface area contributed by atoms with Crippen LogP contribution in [0.4, 0.5) is 0 Å². The molecule has 0 aliphatic carbocycles. The highest BCUT2D eigenvalue weighted by molar-refractivity contribution is 7.12. The summed E-state index contributed by atoms with van der Waals surface area (Å²) in [6.07, 6.45) is 0.716. The van der Waals surface area contributed by atoms with Gasteiger partial charge in [-0.2, -0.15) is 0 Å². The first-order valence-electron chi connectivity index (χ1n) is 6.32. The monoisotopic (exact) mass is 251 g/mol. The van der Waals surface area contributed by atoms with Gasteiger partial charge in [0.25, 0.3) is 0 Å². The van der Waals surface area contributed by atoms with Gasteiger partial charge >= 0.3 is 0 Å². The second-order valence-corrected chi connectivity index (χ2v) is 6.62. The van der Waals surface area contributed by atoms with E-state index >= 15 is 0 Å². The molecule has 1 aliphatic rings. The van der Waals surface area contributed by atoms with E-state index in [1.165, 1.54) is 15.3 Å². The highest BCUT2D eigenvalue weighted by Crippen LogP contribution is 2.31. The molecule has 0 saturated carbocycles. The average molecular weight is 251 g/mol. The lowest BCUT2D eigenvalue weighted by atomic mass is 9.96. The van der Waals surface area contributed by atoms with Crippen LogP contribution in [0, 0.1) is 19.8 Å². The van der Waals surface area contributed by atoms with Crippen molar-refractivity contribution < 1.29 is 4.79 Å². The topological polar surface area (TPSA) is 20.3 Å². The molecule has 0 bridgehead atoms. The number of hydrogen-bond donors (Lipinski definition) is 0. The Morgan fingerprint density at radius 1 is 1.47 bits per heavy atom. The van der Waals surface area contributed by atoms with E-state index in [1.54, 1.807) is 0 Å². The Morgan fingerprint density at radius 2 is 2.18 bits per heavy atom. The Hall–Kier alpha value is -0.670. The summed E-state index contributed by atoms with van der Waals surface area (Å²) in [6, 6.07) is 2.74. The minimum atomic E-state index is 0.200. The van der Waals surface area contributed by atoms with Gasteiger partial charge in [-0.3, -0.25) is 9.69 Å². The van der Waals surface area contributed by atoms with E-state index in [2.05, 4.69) is 31.7 Å². The van der Waals surface area contributed by atoms with E-state index in [4.69, 9.17) is 0 Å². The lowest BCUT2D eigenvalue weighted by molar-refractivity contribution is -0.126. The molecule has 0 radical (unpaired) electrons. The average Bonchev–Trinajstić information content (AvgIpc) is 2.61. The summed E-state index contributed by atoms with van der Waals surface area (Å²) in [4.78, 5) is 16.8. The van der Waals surface area contributed by atoms with Crippen LogP contribution in [0.25, 0.3) is 0 Å². The Labute approximate surface area is 108 Å². The molecular formula is C14H21NOS. The highest BCUT2D eigenvalue weighted by Gasteiger charge is 2.28. The largest absolute Gasteiger partial charge is 0.299 e. The zero-order chi connectivity index (χ0) is 12.6. The zero-order valence-corrected chi connectivity index (χ0v) is 11.9. The molecule has 1 aromatic heterocycles. The molecule has 17 heavy (non-hydrogen) atoms. The molecule has 1 saturated heterocycles. The Balaban J connectivity index is 2.12. The van der Waals surface area contributed by atoms with E-state index in [0.717, 1.165) is 13.1 Å². The van der Waals surface area contributed by atoms with Crippen molar-refractivity contribution in [3.05, 3.63) is 21.4 Å². The maximum Gasteiger partial charge on any atom is 0.138 e. The molecule has 2 unspecified atom stereocenters. The molecular weight excluding hydrogens is 230 g/mol. The molecule has 2 rings (SSSR count). The summed E-state index contributed by atoms with van der Waals surface area (Å²) in [5.74, 6) is 0.623. The third-order valence-electron chi connectivity index (χ3n) is 3.78. The van der Waals surface area contributed by atoms with E-state index < -0.39 is 0 Å². The molecule has 0 N–H and O–H groups in total. The Morgan fingerprint density at radius 3 is 2.71 bits per heavy atom. The van der Waals surface area contributed by atoms with Gasteiger partial charge in [-0.15, -0.1) is 11.3 Å². The van der Waals surface area contributed by atoms with Crippen LogP contribution in [0.3, 0.4) is 0 Å². The van der Waals surface area contributed by atoms with Crippen LogP contribution in [0.15, 0.2) is 6.07 Å². The summed E-state index contributed by atoms with van der Waals surface area (Å²) in [7, 11) is 0. The fourth-order valence-electron chi connectivity index (χ4n) is 2.66. The first-order valence-corrected chi connectivity index (χ1v) is 7.14. The number of carbonyl (C=O) groups is 1. The van der Waals surface area contributed by atoms with Crippen LogP contribution < -0.4 is 0 Å². The Bertz CT molecular complexity index is 424. The molecule has 0 aromatic carbocycles. The smallest absolute Gasteiger partial charge is 0.138 e. The number of aryl methyl sites for hydroxylation is 2. The standard InChI is InChI=1S/C14H21NOS/c1-9-8-15(6-5-14(9)16)11(3)13-7-10(2)17-12(13)4/h7,9,11H,5-6,8H2,1-4H3.